The van der Waals surface area contributed by atoms with E-state index in [1.165, 1.54) is 109 Å². The van der Waals surface area contributed by atoms with E-state index < -0.39 is 57.8 Å². The summed E-state index contributed by atoms with van der Waals surface area (Å²) in [6.07, 6.45) is 62.9. The Morgan fingerprint density at radius 1 is 0.392 bits per heavy atom. The lowest BCUT2D eigenvalue weighted by Crippen LogP contribution is -2.30. The molecular formula is C62H109O11P. The molecule has 74 heavy (non-hydrogen) atoms. The summed E-state index contributed by atoms with van der Waals surface area (Å²) in [5.74, 6) is -1.52. The number of esters is 3. The molecule has 12 heteroatoms. The average Bonchev–Trinajstić information content (AvgIpc) is 3.39. The van der Waals surface area contributed by atoms with Gasteiger partial charge >= 0.3 is 25.7 Å². The number of rotatable bonds is 55. The molecule has 0 saturated heterocycles. The van der Waals surface area contributed by atoms with E-state index in [2.05, 4.69) is 93.7 Å². The van der Waals surface area contributed by atoms with Crippen LogP contribution < -0.4 is 0 Å². The van der Waals surface area contributed by atoms with Gasteiger partial charge in [-0.05, 0) is 89.9 Å². The fourth-order valence-electron chi connectivity index (χ4n) is 8.08. The van der Waals surface area contributed by atoms with Crippen molar-refractivity contribution in [2.45, 2.75) is 277 Å². The third-order valence-corrected chi connectivity index (χ3v) is 13.6. The van der Waals surface area contributed by atoms with E-state index in [4.69, 9.17) is 23.3 Å². The Morgan fingerprint density at radius 3 is 1.14 bits per heavy atom. The maximum Gasteiger partial charge on any atom is 0.472 e. The van der Waals surface area contributed by atoms with Crippen molar-refractivity contribution in [3.8, 4) is 0 Å². The number of allylic oxidation sites excluding steroid dienone is 12. The van der Waals surface area contributed by atoms with Gasteiger partial charge in [0.2, 0.25) is 0 Å². The predicted octanol–water partition coefficient (Wildman–Crippen LogP) is 17.7. The fourth-order valence-corrected chi connectivity index (χ4v) is 8.87. The SMILES string of the molecule is CC/C=C\C/C=C\C/C=C\C/C=C\CCCCC(=O)OC(COC(=O)CCCCCCCCC/C=C\C/C=C\CCCCC)COP(=O)(O)OCC(CO)OC(=O)CCCCCCCCCCCCCCCCC. The highest BCUT2D eigenvalue weighted by molar-refractivity contribution is 7.47. The van der Waals surface area contributed by atoms with Crippen molar-refractivity contribution in [1.82, 2.24) is 0 Å². The van der Waals surface area contributed by atoms with Crippen molar-refractivity contribution in [3.63, 3.8) is 0 Å². The largest absolute Gasteiger partial charge is 0.472 e. The standard InChI is InChI=1S/C62H109O11P/c1-4-7-10-13-16-19-22-25-28-29-32-33-36-39-42-45-48-51-60(64)69-55-59(73-62(66)53-50-47-44-41-38-35-31-27-24-21-18-15-12-9-6-3)57-71-74(67,68)70-56-58(54-63)72-61(65)52-49-46-43-40-37-34-30-26-23-20-17-14-11-8-5-2/h9,12,16,18-19,21,25,27-28,31,38,41,58-59,63H,4-8,10-11,13-15,17,20,22-24,26,29-30,32-37,39-40,42-57H2,1-3H3,(H,67,68)/b12-9-,19-16-,21-18-,28-25-,31-27-,41-38-. The number of aliphatic hydroxyl groups excluding tert-OH is 1. The number of phosphoric ester groups is 1. The van der Waals surface area contributed by atoms with E-state index in [9.17, 15) is 28.9 Å². The average molecular weight is 1060 g/mol. The molecule has 0 aliphatic heterocycles. The Labute approximate surface area is 452 Å². The van der Waals surface area contributed by atoms with Crippen LogP contribution in [0.1, 0.15) is 265 Å². The first kappa shape index (κ1) is 70.9. The minimum Gasteiger partial charge on any atom is -0.462 e. The monoisotopic (exact) mass is 1060 g/mol. The van der Waals surface area contributed by atoms with Gasteiger partial charge < -0.3 is 24.2 Å². The smallest absolute Gasteiger partial charge is 0.462 e. The van der Waals surface area contributed by atoms with Crippen LogP contribution in [-0.2, 0) is 42.2 Å². The van der Waals surface area contributed by atoms with E-state index in [0.717, 1.165) is 96.3 Å². The van der Waals surface area contributed by atoms with Gasteiger partial charge in [0.15, 0.2) is 6.10 Å². The van der Waals surface area contributed by atoms with Crippen LogP contribution in [0.5, 0.6) is 0 Å². The first-order chi connectivity index (χ1) is 36.2. The first-order valence-electron chi connectivity index (χ1n) is 29.8. The lowest BCUT2D eigenvalue weighted by atomic mass is 10.0. The number of unbranched alkanes of at least 4 members (excludes halogenated alkanes) is 26. The van der Waals surface area contributed by atoms with Crippen molar-refractivity contribution in [3.05, 3.63) is 72.9 Å². The zero-order valence-electron chi connectivity index (χ0n) is 47.3. The van der Waals surface area contributed by atoms with Crippen LogP contribution in [0.15, 0.2) is 72.9 Å². The summed E-state index contributed by atoms with van der Waals surface area (Å²) >= 11 is 0. The highest BCUT2D eigenvalue weighted by atomic mass is 31.2. The second-order valence-electron chi connectivity index (χ2n) is 19.8. The minimum atomic E-state index is -4.76. The lowest BCUT2D eigenvalue weighted by Gasteiger charge is -2.21. The molecule has 0 rings (SSSR count). The molecule has 428 valence electrons. The molecule has 0 aliphatic carbocycles. The third kappa shape index (κ3) is 53.7. The predicted molar refractivity (Wildman–Crippen MR) is 307 cm³/mol. The van der Waals surface area contributed by atoms with Crippen LogP contribution in [0.25, 0.3) is 0 Å². The van der Waals surface area contributed by atoms with Crippen LogP contribution in [-0.4, -0.2) is 66.5 Å². The molecule has 11 nitrogen and oxygen atoms in total. The molecular weight excluding hydrogens is 952 g/mol. The Bertz CT molecular complexity index is 1520. The number of aliphatic hydroxyl groups is 1. The van der Waals surface area contributed by atoms with Crippen LogP contribution in [0.3, 0.4) is 0 Å². The molecule has 0 aromatic carbocycles. The zero-order valence-corrected chi connectivity index (χ0v) is 48.2. The molecule has 0 bridgehead atoms. The number of phosphoric acid groups is 1. The second-order valence-corrected chi connectivity index (χ2v) is 21.2. The molecule has 3 unspecified atom stereocenters. The van der Waals surface area contributed by atoms with Gasteiger partial charge in [-0.1, -0.05) is 229 Å². The van der Waals surface area contributed by atoms with E-state index in [-0.39, 0.29) is 25.9 Å². The van der Waals surface area contributed by atoms with Crippen LogP contribution in [0.4, 0.5) is 0 Å². The molecule has 0 saturated carbocycles. The number of hydrogen-bond acceptors (Lipinski definition) is 10. The summed E-state index contributed by atoms with van der Waals surface area (Å²) in [5.41, 5.74) is 0. The molecule has 0 heterocycles. The minimum absolute atomic E-state index is 0.113. The van der Waals surface area contributed by atoms with Gasteiger partial charge in [-0.25, -0.2) is 4.57 Å². The van der Waals surface area contributed by atoms with Crippen LogP contribution in [0, 0.1) is 0 Å². The van der Waals surface area contributed by atoms with E-state index in [1.54, 1.807) is 0 Å². The van der Waals surface area contributed by atoms with Crippen LogP contribution >= 0.6 is 7.82 Å². The van der Waals surface area contributed by atoms with Crippen molar-refractivity contribution >= 4 is 25.7 Å². The third-order valence-electron chi connectivity index (χ3n) is 12.6. The molecule has 0 aromatic heterocycles. The first-order valence-corrected chi connectivity index (χ1v) is 31.3. The summed E-state index contributed by atoms with van der Waals surface area (Å²) in [6.45, 7) is 4.48. The van der Waals surface area contributed by atoms with Crippen molar-refractivity contribution in [2.75, 3.05) is 26.4 Å². The molecule has 0 radical (unpaired) electrons. The molecule has 3 atom stereocenters. The van der Waals surface area contributed by atoms with E-state index in [1.807, 2.05) is 0 Å². The number of carbonyl (C=O) groups excluding carboxylic acids is 3. The molecule has 0 aromatic rings. The molecule has 0 amide bonds. The summed E-state index contributed by atoms with van der Waals surface area (Å²) < 4.78 is 39.5. The number of ether oxygens (including phenoxy) is 3. The lowest BCUT2D eigenvalue weighted by molar-refractivity contribution is -0.161. The maximum atomic E-state index is 12.9. The van der Waals surface area contributed by atoms with Crippen molar-refractivity contribution < 1.29 is 52.2 Å². The Hall–Kier alpha value is -3.08. The topological polar surface area (TPSA) is 155 Å². The summed E-state index contributed by atoms with van der Waals surface area (Å²) in [7, 11) is -4.76. The van der Waals surface area contributed by atoms with E-state index in [0.29, 0.717) is 19.3 Å². The summed E-state index contributed by atoms with van der Waals surface area (Å²) in [4.78, 5) is 48.6. The maximum absolute atomic E-state index is 12.9. The number of carbonyl (C=O) groups is 3. The van der Waals surface area contributed by atoms with Gasteiger partial charge in [0.25, 0.3) is 0 Å². The summed E-state index contributed by atoms with van der Waals surface area (Å²) in [6, 6.07) is 0. The van der Waals surface area contributed by atoms with Gasteiger partial charge in [-0.3, -0.25) is 23.4 Å². The van der Waals surface area contributed by atoms with Gasteiger partial charge in [0, 0.05) is 19.3 Å². The molecule has 0 fully saturated rings. The van der Waals surface area contributed by atoms with Crippen molar-refractivity contribution in [2.24, 2.45) is 0 Å². The van der Waals surface area contributed by atoms with Gasteiger partial charge in [0.1, 0.15) is 12.7 Å². The Morgan fingerprint density at radius 2 is 0.703 bits per heavy atom. The van der Waals surface area contributed by atoms with Crippen LogP contribution in [0.2, 0.25) is 0 Å². The van der Waals surface area contributed by atoms with Crippen molar-refractivity contribution in [1.29, 1.82) is 0 Å². The van der Waals surface area contributed by atoms with Gasteiger partial charge in [0.05, 0.1) is 19.8 Å². The quantitative estimate of drug-likeness (QED) is 0.0197. The zero-order chi connectivity index (χ0) is 54.1. The van der Waals surface area contributed by atoms with Gasteiger partial charge in [-0.2, -0.15) is 0 Å². The fraction of sp³-hybridized carbons (Fsp3) is 0.758. The highest BCUT2D eigenvalue weighted by Gasteiger charge is 2.28. The number of hydrogen-bond donors (Lipinski definition) is 2. The molecule has 2 N–H and O–H groups in total. The summed E-state index contributed by atoms with van der Waals surface area (Å²) in [5, 5.41) is 9.82. The van der Waals surface area contributed by atoms with Gasteiger partial charge in [-0.15, -0.1) is 0 Å². The normalized spacial score (nSPS) is 13.9. The Balaban J connectivity index is 4.76. The Kier molecular flexibility index (Phi) is 53.8. The molecule has 0 spiro atoms. The van der Waals surface area contributed by atoms with E-state index >= 15 is 0 Å². The molecule has 0 aliphatic rings. The highest BCUT2D eigenvalue weighted by Crippen LogP contribution is 2.43. The second kappa shape index (κ2) is 56.1.